The van der Waals surface area contributed by atoms with E-state index in [4.69, 9.17) is 23.2 Å². The Morgan fingerprint density at radius 3 is 2.53 bits per heavy atom. The van der Waals surface area contributed by atoms with Crippen LogP contribution in [0.15, 0.2) is 23.1 Å². The Bertz CT molecular complexity index is 551. The number of nitrogens with one attached hydrogen (secondary N) is 1. The van der Waals surface area contributed by atoms with Crippen molar-refractivity contribution >= 4 is 45.6 Å². The Morgan fingerprint density at radius 1 is 1.32 bits per heavy atom. The SMILES string of the molecule is CNC1CCN(S(=O)(=O)c2ccc(Cl)c(Cl)c2)C1.Cl. The zero-order valence-corrected chi connectivity index (χ0v) is 13.4. The van der Waals surface area contributed by atoms with Gasteiger partial charge in [-0.2, -0.15) is 4.31 Å². The Hall–Kier alpha value is -0.0400. The van der Waals surface area contributed by atoms with E-state index in [1.165, 1.54) is 22.5 Å². The maximum absolute atomic E-state index is 12.4. The van der Waals surface area contributed by atoms with Crippen molar-refractivity contribution in [3.05, 3.63) is 28.2 Å². The lowest BCUT2D eigenvalue weighted by Gasteiger charge is -2.16. The van der Waals surface area contributed by atoms with Crippen molar-refractivity contribution in [2.45, 2.75) is 17.4 Å². The monoisotopic (exact) mass is 344 g/mol. The molecule has 0 spiro atoms. The molecule has 0 radical (unpaired) electrons. The molecule has 1 saturated heterocycles. The molecular formula is C11H15Cl3N2O2S. The summed E-state index contributed by atoms with van der Waals surface area (Å²) in [5.41, 5.74) is 0. The third kappa shape index (κ3) is 3.54. The number of benzene rings is 1. The first-order valence-electron chi connectivity index (χ1n) is 5.57. The van der Waals surface area contributed by atoms with Gasteiger partial charge in [0, 0.05) is 19.1 Å². The number of halogens is 3. The van der Waals surface area contributed by atoms with E-state index >= 15 is 0 Å². The van der Waals surface area contributed by atoms with E-state index in [0.29, 0.717) is 18.1 Å². The fourth-order valence-electron chi connectivity index (χ4n) is 1.97. The fraction of sp³-hybridized carbons (Fsp3) is 0.455. The molecule has 108 valence electrons. The van der Waals surface area contributed by atoms with Crippen molar-refractivity contribution in [2.24, 2.45) is 0 Å². The van der Waals surface area contributed by atoms with Crippen molar-refractivity contribution in [2.75, 3.05) is 20.1 Å². The Balaban J connectivity index is 0.00000180. The predicted octanol–water partition coefficient (Wildman–Crippen LogP) is 2.40. The van der Waals surface area contributed by atoms with Crippen LogP contribution in [0.2, 0.25) is 10.0 Å². The van der Waals surface area contributed by atoms with E-state index in [2.05, 4.69) is 5.32 Å². The van der Waals surface area contributed by atoms with Crippen LogP contribution in [0.3, 0.4) is 0 Å². The van der Waals surface area contributed by atoms with Crippen LogP contribution in [0.25, 0.3) is 0 Å². The van der Waals surface area contributed by atoms with Gasteiger partial charge in [-0.1, -0.05) is 23.2 Å². The third-order valence-corrected chi connectivity index (χ3v) is 5.69. The average Bonchev–Trinajstić information content (AvgIpc) is 2.81. The molecule has 0 aromatic heterocycles. The quantitative estimate of drug-likeness (QED) is 0.915. The number of hydrogen-bond donors (Lipinski definition) is 1. The van der Waals surface area contributed by atoms with Crippen molar-refractivity contribution in [3.8, 4) is 0 Å². The highest BCUT2D eigenvalue weighted by Gasteiger charge is 2.31. The molecule has 1 unspecified atom stereocenters. The Kier molecular flexibility index (Phi) is 5.92. The minimum atomic E-state index is -3.47. The van der Waals surface area contributed by atoms with E-state index in [0.717, 1.165) is 6.42 Å². The molecule has 19 heavy (non-hydrogen) atoms. The van der Waals surface area contributed by atoms with Gasteiger partial charge in [-0.15, -0.1) is 12.4 Å². The fourth-order valence-corrected chi connectivity index (χ4v) is 3.86. The lowest BCUT2D eigenvalue weighted by Crippen LogP contribution is -2.33. The second-order valence-corrected chi connectivity index (χ2v) is 6.97. The van der Waals surface area contributed by atoms with Crippen molar-refractivity contribution in [3.63, 3.8) is 0 Å². The van der Waals surface area contributed by atoms with Crippen LogP contribution < -0.4 is 5.32 Å². The maximum Gasteiger partial charge on any atom is 0.243 e. The summed E-state index contributed by atoms with van der Waals surface area (Å²) in [6.07, 6.45) is 0.817. The summed E-state index contributed by atoms with van der Waals surface area (Å²) in [7, 11) is -1.64. The molecule has 2 rings (SSSR count). The number of sulfonamides is 1. The Labute approximate surface area is 129 Å². The molecule has 1 heterocycles. The van der Waals surface area contributed by atoms with Crippen LogP contribution in [-0.2, 0) is 10.0 Å². The molecular weight excluding hydrogens is 331 g/mol. The molecule has 4 nitrogen and oxygen atoms in total. The predicted molar refractivity (Wildman–Crippen MR) is 79.9 cm³/mol. The zero-order valence-electron chi connectivity index (χ0n) is 10.3. The second kappa shape index (κ2) is 6.61. The summed E-state index contributed by atoms with van der Waals surface area (Å²) in [6, 6.07) is 4.59. The van der Waals surface area contributed by atoms with Crippen molar-refractivity contribution in [1.82, 2.24) is 9.62 Å². The zero-order chi connectivity index (χ0) is 13.3. The number of rotatable bonds is 3. The minimum absolute atomic E-state index is 0. The van der Waals surface area contributed by atoms with Gasteiger partial charge in [0.1, 0.15) is 0 Å². The first kappa shape index (κ1) is 17.0. The molecule has 1 aromatic rings. The second-order valence-electron chi connectivity index (χ2n) is 4.21. The van der Waals surface area contributed by atoms with Crippen molar-refractivity contribution < 1.29 is 8.42 Å². The maximum atomic E-state index is 12.4. The molecule has 0 bridgehead atoms. The molecule has 0 amide bonds. The van der Waals surface area contributed by atoms with Gasteiger partial charge in [-0.25, -0.2) is 8.42 Å². The van der Waals surface area contributed by atoms with Gasteiger partial charge in [-0.3, -0.25) is 0 Å². The normalized spacial score (nSPS) is 20.3. The summed E-state index contributed by atoms with van der Waals surface area (Å²) in [5, 5.41) is 3.69. The van der Waals surface area contributed by atoms with Gasteiger partial charge in [0.25, 0.3) is 0 Å². The highest BCUT2D eigenvalue weighted by Crippen LogP contribution is 2.27. The molecule has 1 N–H and O–H groups in total. The van der Waals surface area contributed by atoms with Crippen LogP contribution in [-0.4, -0.2) is 38.9 Å². The van der Waals surface area contributed by atoms with Gasteiger partial charge in [0.2, 0.25) is 10.0 Å². The molecule has 1 aromatic carbocycles. The van der Waals surface area contributed by atoms with Gasteiger partial charge >= 0.3 is 0 Å². The van der Waals surface area contributed by atoms with E-state index in [-0.39, 0.29) is 28.4 Å². The first-order chi connectivity index (χ1) is 8.45. The smallest absolute Gasteiger partial charge is 0.243 e. The van der Waals surface area contributed by atoms with Gasteiger partial charge in [-0.05, 0) is 31.7 Å². The van der Waals surface area contributed by atoms with Crippen LogP contribution in [0.5, 0.6) is 0 Å². The van der Waals surface area contributed by atoms with E-state index in [1.807, 2.05) is 7.05 Å². The topological polar surface area (TPSA) is 49.4 Å². The van der Waals surface area contributed by atoms with Crippen LogP contribution in [0.4, 0.5) is 0 Å². The molecule has 8 heteroatoms. The van der Waals surface area contributed by atoms with E-state index < -0.39 is 10.0 Å². The summed E-state index contributed by atoms with van der Waals surface area (Å²) in [6.45, 7) is 1.01. The van der Waals surface area contributed by atoms with Gasteiger partial charge < -0.3 is 5.32 Å². The summed E-state index contributed by atoms with van der Waals surface area (Å²) in [5.74, 6) is 0. The van der Waals surface area contributed by atoms with E-state index in [9.17, 15) is 8.42 Å². The number of nitrogens with zero attached hydrogens (tertiary/aromatic N) is 1. The molecule has 1 fully saturated rings. The van der Waals surface area contributed by atoms with Crippen LogP contribution in [0.1, 0.15) is 6.42 Å². The molecule has 1 aliphatic rings. The summed E-state index contributed by atoms with van der Waals surface area (Å²) < 4.78 is 26.2. The average molecular weight is 346 g/mol. The van der Waals surface area contributed by atoms with Gasteiger partial charge in [0.05, 0.1) is 14.9 Å². The van der Waals surface area contributed by atoms with Gasteiger partial charge in [0.15, 0.2) is 0 Å². The molecule has 1 atom stereocenters. The highest BCUT2D eigenvalue weighted by atomic mass is 35.5. The molecule has 0 aliphatic carbocycles. The van der Waals surface area contributed by atoms with E-state index in [1.54, 1.807) is 0 Å². The highest BCUT2D eigenvalue weighted by molar-refractivity contribution is 7.89. The number of likely N-dealkylation sites (N-methyl/N-ethyl adjacent to an activating group) is 1. The summed E-state index contributed by atoms with van der Waals surface area (Å²) >= 11 is 11.6. The van der Waals surface area contributed by atoms with Crippen LogP contribution >= 0.6 is 35.6 Å². The largest absolute Gasteiger partial charge is 0.316 e. The Morgan fingerprint density at radius 2 is 2.00 bits per heavy atom. The number of hydrogen-bond acceptors (Lipinski definition) is 3. The molecule has 1 aliphatic heterocycles. The lowest BCUT2D eigenvalue weighted by molar-refractivity contribution is 0.464. The minimum Gasteiger partial charge on any atom is -0.316 e. The van der Waals surface area contributed by atoms with Crippen LogP contribution in [0, 0.1) is 0 Å². The summed E-state index contributed by atoms with van der Waals surface area (Å²) in [4.78, 5) is 0.189. The standard InChI is InChI=1S/C11H14Cl2N2O2S.ClH/c1-14-8-4-5-15(7-8)18(16,17)9-2-3-10(12)11(13)6-9;/h2-3,6,8,14H,4-5,7H2,1H3;1H. The third-order valence-electron chi connectivity index (χ3n) is 3.09. The van der Waals surface area contributed by atoms with Crippen molar-refractivity contribution in [1.29, 1.82) is 0 Å². The molecule has 0 saturated carbocycles. The first-order valence-corrected chi connectivity index (χ1v) is 7.77. The lowest BCUT2D eigenvalue weighted by atomic mass is 10.3.